The number of nitrogens with zero attached hydrogens (tertiary/aromatic N) is 2. The van der Waals surface area contributed by atoms with Crippen molar-refractivity contribution in [3.05, 3.63) is 89.3 Å². The highest BCUT2D eigenvalue weighted by Gasteiger charge is 2.45. The van der Waals surface area contributed by atoms with Gasteiger partial charge < -0.3 is 24.1 Å². The summed E-state index contributed by atoms with van der Waals surface area (Å²) in [6.45, 7) is 6.52. The van der Waals surface area contributed by atoms with Crippen molar-refractivity contribution in [1.29, 1.82) is 0 Å². The Morgan fingerprint density at radius 2 is 1.71 bits per heavy atom. The number of furan rings is 1. The minimum Gasteiger partial charge on any atom is -0.478 e. The molecule has 2 atom stereocenters. The quantitative estimate of drug-likeness (QED) is 0.194. The molecule has 5 aromatic rings. The maximum Gasteiger partial charge on any atom is 0.335 e. The third kappa shape index (κ3) is 4.19. The van der Waals surface area contributed by atoms with Crippen molar-refractivity contribution >= 4 is 39.4 Å². The van der Waals surface area contributed by atoms with Gasteiger partial charge in [-0.1, -0.05) is 44.9 Å². The second-order valence-electron chi connectivity index (χ2n) is 11.0. The van der Waals surface area contributed by atoms with Crippen LogP contribution in [-0.4, -0.2) is 35.0 Å². The number of aromatic carboxylic acids is 1. The Kier molecular flexibility index (Phi) is 6.30. The van der Waals surface area contributed by atoms with E-state index in [-0.39, 0.29) is 11.6 Å². The van der Waals surface area contributed by atoms with Crippen LogP contribution in [-0.2, 0) is 4.74 Å². The predicted molar refractivity (Wildman–Crippen MR) is 162 cm³/mol. The molecule has 208 valence electrons. The first kappa shape index (κ1) is 25.4. The second kappa shape index (κ2) is 10.1. The van der Waals surface area contributed by atoms with Crippen molar-refractivity contribution in [3.8, 4) is 11.1 Å². The number of benzene rings is 3. The highest BCUT2D eigenvalue weighted by atomic mass is 16.5. The molecule has 0 radical (unpaired) electrons. The van der Waals surface area contributed by atoms with Gasteiger partial charge >= 0.3 is 5.97 Å². The van der Waals surface area contributed by atoms with Gasteiger partial charge in [-0.2, -0.15) is 0 Å². The van der Waals surface area contributed by atoms with E-state index in [9.17, 15) is 9.90 Å². The number of fused-ring (bicyclic) bond motifs is 10. The van der Waals surface area contributed by atoms with E-state index in [0.717, 1.165) is 88.8 Å². The van der Waals surface area contributed by atoms with E-state index in [1.165, 1.54) is 5.69 Å². The molecule has 2 unspecified atom stereocenters. The summed E-state index contributed by atoms with van der Waals surface area (Å²) < 4.78 is 13.2. The fourth-order valence-corrected chi connectivity index (χ4v) is 6.20. The number of aromatic nitrogens is 1. The Balaban J connectivity index is 1.36. The summed E-state index contributed by atoms with van der Waals surface area (Å²) in [7, 11) is 0. The number of hydrogen-bond donors (Lipinski definition) is 2. The normalized spacial score (nSPS) is 17.2. The van der Waals surface area contributed by atoms with E-state index in [4.69, 9.17) is 14.1 Å². The summed E-state index contributed by atoms with van der Waals surface area (Å²) in [5.41, 5.74) is 7.25. The van der Waals surface area contributed by atoms with Crippen LogP contribution in [0.1, 0.15) is 79.1 Å². The van der Waals surface area contributed by atoms with Gasteiger partial charge in [0, 0.05) is 57.8 Å². The summed E-state index contributed by atoms with van der Waals surface area (Å²) in [5.74, 6) is 0.311. The zero-order valence-corrected chi connectivity index (χ0v) is 23.3. The Hall–Kier alpha value is -4.52. The lowest BCUT2D eigenvalue weighted by molar-refractivity contribution is 0.0697. The van der Waals surface area contributed by atoms with Crippen LogP contribution >= 0.6 is 0 Å². The molecule has 2 N–H and O–H groups in total. The van der Waals surface area contributed by atoms with Crippen LogP contribution in [0.4, 0.5) is 5.69 Å². The number of para-hydroxylation sites is 1. The molecule has 3 heterocycles. The lowest BCUT2D eigenvalue weighted by Gasteiger charge is -2.24. The number of aromatic amines is 1. The largest absolute Gasteiger partial charge is 0.478 e. The smallest absolute Gasteiger partial charge is 0.335 e. The highest BCUT2D eigenvalue weighted by Crippen LogP contribution is 2.56. The monoisotopic (exact) mass is 547 g/mol. The summed E-state index contributed by atoms with van der Waals surface area (Å²) in [4.78, 5) is 22.5. The Bertz CT molecular complexity index is 1790. The fraction of sp³-hybridized carbons (Fsp3) is 0.294. The molecule has 0 fully saturated rings. The minimum absolute atomic E-state index is 0.227. The van der Waals surface area contributed by atoms with Crippen molar-refractivity contribution in [2.24, 2.45) is 4.99 Å². The zero-order valence-electron chi connectivity index (χ0n) is 23.3. The molecule has 7 nitrogen and oxygen atoms in total. The molecular formula is C34H33N3O4. The third-order valence-electron chi connectivity index (χ3n) is 8.33. The zero-order chi connectivity index (χ0) is 28.1. The molecule has 1 aliphatic carbocycles. The van der Waals surface area contributed by atoms with Gasteiger partial charge in [-0.3, -0.25) is 0 Å². The third-order valence-corrected chi connectivity index (χ3v) is 8.33. The van der Waals surface area contributed by atoms with Gasteiger partial charge in [0.15, 0.2) is 11.9 Å². The number of hydrogen-bond acceptors (Lipinski definition) is 5. The molecule has 0 saturated heterocycles. The highest BCUT2D eigenvalue weighted by molar-refractivity contribution is 6.09. The molecule has 0 saturated carbocycles. The van der Waals surface area contributed by atoms with Crippen LogP contribution in [0.5, 0.6) is 0 Å². The topological polar surface area (TPSA) is 91.1 Å². The Labute approximate surface area is 238 Å². The van der Waals surface area contributed by atoms with E-state index in [2.05, 4.69) is 60.1 Å². The standard InChI is InChI=1S/C34H33N3O4/c1-3-5-17-37(18-6-4-2)22-15-16-24-26(19-22)40-31-28(24)27-23-9-7-8-10-25(23)35-29(27)30-32(31)41-33(36-30)20-11-13-21(14-12-20)34(38)39/h7-16,19,30,32,35H,3-6,17-18H2,1-2H3,(H,38,39). The molecule has 7 rings (SSSR count). The number of anilines is 1. The van der Waals surface area contributed by atoms with Crippen LogP contribution in [0.25, 0.3) is 33.0 Å². The number of ether oxygens (including phenoxy) is 1. The predicted octanol–water partition coefficient (Wildman–Crippen LogP) is 8.26. The molecule has 0 spiro atoms. The van der Waals surface area contributed by atoms with Gasteiger partial charge in [0.05, 0.1) is 11.3 Å². The van der Waals surface area contributed by atoms with E-state index < -0.39 is 12.1 Å². The maximum atomic E-state index is 11.4. The lowest BCUT2D eigenvalue weighted by atomic mass is 9.87. The first-order valence-electron chi connectivity index (χ1n) is 14.6. The maximum absolute atomic E-state index is 11.4. The van der Waals surface area contributed by atoms with E-state index >= 15 is 0 Å². The molecule has 3 aromatic carbocycles. The van der Waals surface area contributed by atoms with Crippen molar-refractivity contribution in [2.45, 2.75) is 51.7 Å². The number of unbranched alkanes of at least 4 members (excludes halogenated alkanes) is 2. The van der Waals surface area contributed by atoms with Crippen LogP contribution in [0, 0.1) is 0 Å². The van der Waals surface area contributed by atoms with Crippen molar-refractivity contribution in [1.82, 2.24) is 4.98 Å². The van der Waals surface area contributed by atoms with Gasteiger partial charge in [0.25, 0.3) is 0 Å². The van der Waals surface area contributed by atoms with Crippen LogP contribution in [0.2, 0.25) is 0 Å². The minimum atomic E-state index is -0.962. The molecule has 41 heavy (non-hydrogen) atoms. The van der Waals surface area contributed by atoms with Gasteiger partial charge in [0.1, 0.15) is 11.6 Å². The van der Waals surface area contributed by atoms with Gasteiger partial charge in [-0.15, -0.1) is 0 Å². The first-order valence-corrected chi connectivity index (χ1v) is 14.6. The summed E-state index contributed by atoms with van der Waals surface area (Å²) in [5, 5.41) is 11.5. The summed E-state index contributed by atoms with van der Waals surface area (Å²) in [6.07, 6.45) is 4.20. The van der Waals surface area contributed by atoms with Gasteiger partial charge in [-0.05, 0) is 55.3 Å². The average molecular weight is 548 g/mol. The van der Waals surface area contributed by atoms with E-state index in [0.29, 0.717) is 5.90 Å². The molecule has 2 aromatic heterocycles. The fourth-order valence-electron chi connectivity index (χ4n) is 6.20. The summed E-state index contributed by atoms with van der Waals surface area (Å²) >= 11 is 0. The van der Waals surface area contributed by atoms with Gasteiger partial charge in [-0.25, -0.2) is 9.79 Å². The lowest BCUT2D eigenvalue weighted by Crippen LogP contribution is -2.25. The first-order chi connectivity index (χ1) is 20.1. The number of carboxylic acids is 1. The second-order valence-corrected chi connectivity index (χ2v) is 11.0. The molecular weight excluding hydrogens is 514 g/mol. The molecule has 2 aliphatic rings. The van der Waals surface area contributed by atoms with E-state index in [1.54, 1.807) is 24.3 Å². The van der Waals surface area contributed by atoms with Crippen LogP contribution in [0.15, 0.2) is 76.1 Å². The number of rotatable bonds is 9. The molecule has 0 amide bonds. The number of aliphatic imine (C=N–C) groups is 1. The van der Waals surface area contributed by atoms with Crippen LogP contribution in [0.3, 0.4) is 0 Å². The van der Waals surface area contributed by atoms with Crippen molar-refractivity contribution in [2.75, 3.05) is 18.0 Å². The van der Waals surface area contributed by atoms with Crippen molar-refractivity contribution in [3.63, 3.8) is 0 Å². The van der Waals surface area contributed by atoms with Gasteiger partial charge in [0.2, 0.25) is 5.90 Å². The molecule has 1 aliphatic heterocycles. The number of carbonyl (C=O) groups is 1. The number of nitrogens with one attached hydrogen (secondary N) is 1. The van der Waals surface area contributed by atoms with E-state index in [1.807, 2.05) is 6.07 Å². The molecule has 0 bridgehead atoms. The Morgan fingerprint density at radius 1 is 0.951 bits per heavy atom. The van der Waals surface area contributed by atoms with Crippen molar-refractivity contribution < 1.29 is 19.1 Å². The number of H-pyrrole nitrogens is 1. The molecule has 7 heteroatoms. The summed E-state index contributed by atoms with van der Waals surface area (Å²) in [6, 6.07) is 21.3. The van der Waals surface area contributed by atoms with Crippen LogP contribution < -0.4 is 4.90 Å². The Morgan fingerprint density at radius 3 is 2.44 bits per heavy atom. The SMILES string of the molecule is CCCCN(CCCC)c1ccc2c3c(oc2c1)C1OC(c2ccc(C(=O)O)cc2)=NC1c1[nH]c2ccccc2c1-3. The average Bonchev–Trinajstić information content (AvgIpc) is 3.70. The number of carboxylic acid groups (broad SMARTS) is 1.